The number of piperazine rings is 1. The molecule has 0 atom stereocenters. The number of aromatic nitrogens is 1. The van der Waals surface area contributed by atoms with Gasteiger partial charge in [-0.3, -0.25) is 4.90 Å². The molecule has 0 saturated carbocycles. The van der Waals surface area contributed by atoms with Crippen LogP contribution in [0.3, 0.4) is 0 Å². The maximum atomic E-state index is 13.0. The number of nitrogens with one attached hydrogen (secondary N) is 1. The van der Waals surface area contributed by atoms with Crippen LogP contribution >= 0.6 is 11.6 Å². The summed E-state index contributed by atoms with van der Waals surface area (Å²) in [6.07, 6.45) is 1.80. The first-order chi connectivity index (χ1) is 12.2. The molecule has 0 spiro atoms. The standard InChI is InChI=1S/C18H20ClN5O/c19-14-4-5-16-15(13-14)20-7-8-24(16)18(25)23-11-9-22(10-12-23)17-3-1-2-6-21-17/h1-6,13,20H,7-12H2. The minimum Gasteiger partial charge on any atom is -0.382 e. The van der Waals surface area contributed by atoms with Crippen molar-refractivity contribution in [1.82, 2.24) is 9.88 Å². The minimum absolute atomic E-state index is 0.0609. The van der Waals surface area contributed by atoms with Gasteiger partial charge < -0.3 is 15.1 Å². The monoisotopic (exact) mass is 357 g/mol. The van der Waals surface area contributed by atoms with Crippen LogP contribution in [0.5, 0.6) is 0 Å². The third-order valence-corrected chi connectivity index (χ3v) is 4.89. The number of carbonyl (C=O) groups excluding carboxylic acids is 1. The van der Waals surface area contributed by atoms with Gasteiger partial charge >= 0.3 is 6.03 Å². The Hall–Kier alpha value is -2.47. The summed E-state index contributed by atoms with van der Waals surface area (Å²) in [5.41, 5.74) is 1.81. The molecule has 1 fully saturated rings. The highest BCUT2D eigenvalue weighted by atomic mass is 35.5. The fourth-order valence-electron chi connectivity index (χ4n) is 3.35. The van der Waals surface area contributed by atoms with Gasteiger partial charge in [0, 0.05) is 50.5 Å². The van der Waals surface area contributed by atoms with E-state index in [1.807, 2.05) is 46.2 Å². The Labute approximate surface area is 152 Å². The molecule has 1 saturated heterocycles. The van der Waals surface area contributed by atoms with Gasteiger partial charge in [0.25, 0.3) is 0 Å². The van der Waals surface area contributed by atoms with Crippen molar-refractivity contribution in [3.05, 3.63) is 47.6 Å². The summed E-state index contributed by atoms with van der Waals surface area (Å²) >= 11 is 6.06. The predicted molar refractivity (Wildman–Crippen MR) is 101 cm³/mol. The van der Waals surface area contributed by atoms with Crippen molar-refractivity contribution in [2.24, 2.45) is 0 Å². The SMILES string of the molecule is O=C(N1CCN(c2ccccn2)CC1)N1CCNc2cc(Cl)ccc21. The maximum absolute atomic E-state index is 13.0. The number of halogens is 1. The van der Waals surface area contributed by atoms with Crippen molar-refractivity contribution in [2.45, 2.75) is 0 Å². The number of amides is 2. The van der Waals surface area contributed by atoms with Gasteiger partial charge in [-0.05, 0) is 30.3 Å². The summed E-state index contributed by atoms with van der Waals surface area (Å²) in [5, 5.41) is 3.98. The third-order valence-electron chi connectivity index (χ3n) is 4.65. The van der Waals surface area contributed by atoms with E-state index in [9.17, 15) is 4.79 Å². The number of benzene rings is 1. The highest BCUT2D eigenvalue weighted by Crippen LogP contribution is 2.32. The number of hydrogen-bond acceptors (Lipinski definition) is 4. The second kappa shape index (κ2) is 6.80. The minimum atomic E-state index is 0.0609. The quantitative estimate of drug-likeness (QED) is 0.852. The molecule has 2 aliphatic heterocycles. The Morgan fingerprint density at radius 3 is 2.68 bits per heavy atom. The van der Waals surface area contributed by atoms with Gasteiger partial charge in [-0.1, -0.05) is 17.7 Å². The lowest BCUT2D eigenvalue weighted by molar-refractivity contribution is 0.201. The number of hydrogen-bond donors (Lipinski definition) is 1. The molecule has 6 nitrogen and oxygen atoms in total. The molecular weight excluding hydrogens is 338 g/mol. The molecule has 0 unspecified atom stereocenters. The number of anilines is 3. The molecule has 0 bridgehead atoms. The van der Waals surface area contributed by atoms with Crippen LogP contribution in [0.2, 0.25) is 5.02 Å². The van der Waals surface area contributed by atoms with Crippen molar-refractivity contribution in [3.63, 3.8) is 0 Å². The topological polar surface area (TPSA) is 51.7 Å². The Kier molecular flexibility index (Phi) is 4.36. The summed E-state index contributed by atoms with van der Waals surface area (Å²) in [6, 6.07) is 11.6. The molecule has 7 heteroatoms. The molecule has 0 radical (unpaired) electrons. The van der Waals surface area contributed by atoms with Gasteiger partial charge in [0.05, 0.1) is 11.4 Å². The van der Waals surface area contributed by atoms with Crippen LogP contribution in [-0.2, 0) is 0 Å². The molecule has 1 aromatic heterocycles. The average molecular weight is 358 g/mol. The largest absolute Gasteiger partial charge is 0.382 e. The molecule has 130 valence electrons. The summed E-state index contributed by atoms with van der Waals surface area (Å²) in [7, 11) is 0. The molecule has 2 amide bonds. The number of pyridine rings is 1. The lowest BCUT2D eigenvalue weighted by Gasteiger charge is -2.39. The van der Waals surface area contributed by atoms with Crippen molar-refractivity contribution < 1.29 is 4.79 Å². The van der Waals surface area contributed by atoms with Crippen LogP contribution in [0.1, 0.15) is 0 Å². The Balaban J connectivity index is 1.45. The van der Waals surface area contributed by atoms with E-state index >= 15 is 0 Å². The number of rotatable bonds is 1. The second-order valence-electron chi connectivity index (χ2n) is 6.18. The molecule has 2 aromatic rings. The Morgan fingerprint density at radius 2 is 1.92 bits per heavy atom. The van der Waals surface area contributed by atoms with Crippen LogP contribution in [0.15, 0.2) is 42.6 Å². The molecule has 0 aliphatic carbocycles. The zero-order chi connectivity index (χ0) is 17.2. The van der Waals surface area contributed by atoms with Gasteiger partial charge in [0.1, 0.15) is 5.82 Å². The lowest BCUT2D eigenvalue weighted by atomic mass is 10.2. The van der Waals surface area contributed by atoms with Crippen LogP contribution < -0.4 is 15.1 Å². The van der Waals surface area contributed by atoms with E-state index < -0.39 is 0 Å². The van der Waals surface area contributed by atoms with E-state index in [4.69, 9.17) is 11.6 Å². The van der Waals surface area contributed by atoms with E-state index in [1.54, 1.807) is 6.20 Å². The third kappa shape index (κ3) is 3.22. The second-order valence-corrected chi connectivity index (χ2v) is 6.62. The zero-order valence-corrected chi connectivity index (χ0v) is 14.6. The van der Waals surface area contributed by atoms with Crippen LogP contribution in [0.25, 0.3) is 0 Å². The molecule has 1 aromatic carbocycles. The number of carbonyl (C=O) groups is 1. The van der Waals surface area contributed by atoms with Crippen molar-refractivity contribution in [2.75, 3.05) is 54.4 Å². The van der Waals surface area contributed by atoms with Crippen LogP contribution in [0.4, 0.5) is 22.0 Å². The first-order valence-electron chi connectivity index (χ1n) is 8.48. The van der Waals surface area contributed by atoms with E-state index in [0.717, 1.165) is 36.8 Å². The molecular formula is C18H20ClN5O. The van der Waals surface area contributed by atoms with Gasteiger partial charge in [0.2, 0.25) is 0 Å². The molecule has 4 rings (SSSR count). The number of fused-ring (bicyclic) bond motifs is 1. The van der Waals surface area contributed by atoms with Gasteiger partial charge in [-0.25, -0.2) is 9.78 Å². The summed E-state index contributed by atoms with van der Waals surface area (Å²) in [5.74, 6) is 0.969. The molecule has 3 heterocycles. The molecule has 2 aliphatic rings. The molecule has 1 N–H and O–H groups in total. The van der Waals surface area contributed by atoms with E-state index in [0.29, 0.717) is 24.7 Å². The smallest absolute Gasteiger partial charge is 0.324 e. The van der Waals surface area contributed by atoms with Crippen molar-refractivity contribution in [3.8, 4) is 0 Å². The number of urea groups is 1. The van der Waals surface area contributed by atoms with E-state index in [2.05, 4.69) is 15.2 Å². The lowest BCUT2D eigenvalue weighted by Crippen LogP contribution is -2.54. The maximum Gasteiger partial charge on any atom is 0.324 e. The van der Waals surface area contributed by atoms with Crippen LogP contribution in [0, 0.1) is 0 Å². The van der Waals surface area contributed by atoms with Gasteiger partial charge in [-0.2, -0.15) is 0 Å². The average Bonchev–Trinajstić information content (AvgIpc) is 2.67. The fourth-order valence-corrected chi connectivity index (χ4v) is 3.52. The predicted octanol–water partition coefficient (Wildman–Crippen LogP) is 2.91. The van der Waals surface area contributed by atoms with Crippen LogP contribution in [-0.4, -0.2) is 55.2 Å². The van der Waals surface area contributed by atoms with Gasteiger partial charge in [-0.15, -0.1) is 0 Å². The van der Waals surface area contributed by atoms with Crippen molar-refractivity contribution in [1.29, 1.82) is 0 Å². The molecule has 25 heavy (non-hydrogen) atoms. The highest BCUT2D eigenvalue weighted by molar-refractivity contribution is 6.31. The Bertz CT molecular complexity index is 761. The van der Waals surface area contributed by atoms with Crippen molar-refractivity contribution >= 4 is 34.8 Å². The summed E-state index contributed by atoms with van der Waals surface area (Å²) < 4.78 is 0. The summed E-state index contributed by atoms with van der Waals surface area (Å²) in [6.45, 7) is 4.37. The first kappa shape index (κ1) is 16.0. The normalized spacial score (nSPS) is 17.1. The Morgan fingerprint density at radius 1 is 1.08 bits per heavy atom. The highest BCUT2D eigenvalue weighted by Gasteiger charge is 2.29. The van der Waals surface area contributed by atoms with E-state index in [1.165, 1.54) is 0 Å². The zero-order valence-electron chi connectivity index (χ0n) is 13.9. The van der Waals surface area contributed by atoms with E-state index in [-0.39, 0.29) is 6.03 Å². The summed E-state index contributed by atoms with van der Waals surface area (Å²) in [4.78, 5) is 23.4. The van der Waals surface area contributed by atoms with Gasteiger partial charge in [0.15, 0.2) is 0 Å². The first-order valence-corrected chi connectivity index (χ1v) is 8.86. The fraction of sp³-hybridized carbons (Fsp3) is 0.333. The number of nitrogens with zero attached hydrogens (tertiary/aromatic N) is 4.